The van der Waals surface area contributed by atoms with Crippen LogP contribution in [0.2, 0.25) is 0 Å². The van der Waals surface area contributed by atoms with E-state index < -0.39 is 0 Å². The van der Waals surface area contributed by atoms with Crippen LogP contribution in [0.25, 0.3) is 0 Å². The van der Waals surface area contributed by atoms with Gasteiger partial charge >= 0.3 is 0 Å². The van der Waals surface area contributed by atoms with Gasteiger partial charge in [-0.05, 0) is 18.6 Å². The molecule has 1 aliphatic heterocycles. The number of hydrogen-bond donors (Lipinski definition) is 1. The molecule has 0 bridgehead atoms. The number of carbonyl (C=O) groups is 1. The van der Waals surface area contributed by atoms with Crippen molar-refractivity contribution < 1.29 is 9.53 Å². The summed E-state index contributed by atoms with van der Waals surface area (Å²) >= 11 is 0. The monoisotopic (exact) mass is 328 g/mol. The second-order valence-corrected chi connectivity index (χ2v) is 6.12. The predicted molar refractivity (Wildman–Crippen MR) is 91.4 cm³/mol. The molecule has 0 aliphatic carbocycles. The summed E-state index contributed by atoms with van der Waals surface area (Å²) in [7, 11) is 0. The average molecular weight is 328 g/mol. The van der Waals surface area contributed by atoms with Crippen LogP contribution in [-0.2, 0) is 16.1 Å². The van der Waals surface area contributed by atoms with E-state index in [-0.39, 0.29) is 18.1 Å². The molecule has 2 aromatic rings. The third kappa shape index (κ3) is 4.43. The molecule has 2 heterocycles. The normalized spacial score (nSPS) is 19.8. The first-order valence-corrected chi connectivity index (χ1v) is 8.37. The van der Waals surface area contributed by atoms with Gasteiger partial charge in [-0.3, -0.25) is 14.4 Å². The van der Waals surface area contributed by atoms with E-state index in [2.05, 4.69) is 39.6 Å². The summed E-state index contributed by atoms with van der Waals surface area (Å²) in [4.78, 5) is 14.6. The lowest BCUT2D eigenvalue weighted by atomic mass is 10.2. The van der Waals surface area contributed by atoms with Crippen LogP contribution in [0, 0.1) is 0 Å². The van der Waals surface area contributed by atoms with Crippen LogP contribution in [0.4, 0.5) is 0 Å². The van der Waals surface area contributed by atoms with Crippen LogP contribution < -0.4 is 5.32 Å². The second-order valence-electron chi connectivity index (χ2n) is 6.12. The van der Waals surface area contributed by atoms with Crippen molar-refractivity contribution >= 4 is 5.91 Å². The fraction of sp³-hybridized carbons (Fsp3) is 0.444. The summed E-state index contributed by atoms with van der Waals surface area (Å²) in [6.45, 7) is 5.72. The van der Waals surface area contributed by atoms with E-state index in [4.69, 9.17) is 4.74 Å². The van der Waals surface area contributed by atoms with Crippen molar-refractivity contribution in [3.8, 4) is 0 Å². The zero-order chi connectivity index (χ0) is 16.8. The minimum Gasteiger partial charge on any atom is -0.374 e. The van der Waals surface area contributed by atoms with Gasteiger partial charge in [0.2, 0.25) is 5.91 Å². The smallest absolute Gasteiger partial charge is 0.244 e. The van der Waals surface area contributed by atoms with Crippen LogP contribution in [-0.4, -0.2) is 52.9 Å². The first-order chi connectivity index (χ1) is 11.7. The molecule has 0 radical (unpaired) electrons. The standard InChI is InChI=1S/C18H24N4O2/c1-15(22-9-5-8-20-22)18(23)19-12-17-14-21(10-11-24-17)13-16-6-3-2-4-7-16/h2-9,15,17H,10-14H2,1H3,(H,19,23). The van der Waals surface area contributed by atoms with E-state index >= 15 is 0 Å². The van der Waals surface area contributed by atoms with Gasteiger partial charge in [-0.15, -0.1) is 0 Å². The molecule has 1 aliphatic rings. The van der Waals surface area contributed by atoms with Crippen LogP contribution in [0.5, 0.6) is 0 Å². The zero-order valence-electron chi connectivity index (χ0n) is 14.0. The Kier molecular flexibility index (Phi) is 5.61. The van der Waals surface area contributed by atoms with Gasteiger partial charge in [0.15, 0.2) is 0 Å². The highest BCUT2D eigenvalue weighted by Crippen LogP contribution is 2.10. The third-order valence-corrected chi connectivity index (χ3v) is 4.28. The van der Waals surface area contributed by atoms with Crippen molar-refractivity contribution in [1.29, 1.82) is 0 Å². The molecule has 2 unspecified atom stereocenters. The van der Waals surface area contributed by atoms with Crippen LogP contribution >= 0.6 is 0 Å². The number of amides is 1. The summed E-state index contributed by atoms with van der Waals surface area (Å²) < 4.78 is 7.44. The molecule has 0 spiro atoms. The van der Waals surface area contributed by atoms with Gasteiger partial charge in [-0.25, -0.2) is 0 Å². The van der Waals surface area contributed by atoms with E-state index in [1.807, 2.05) is 19.1 Å². The van der Waals surface area contributed by atoms with Crippen LogP contribution in [0.15, 0.2) is 48.8 Å². The number of ether oxygens (including phenoxy) is 1. The number of benzene rings is 1. The van der Waals surface area contributed by atoms with Gasteiger partial charge in [-0.1, -0.05) is 30.3 Å². The highest BCUT2D eigenvalue weighted by molar-refractivity contribution is 5.79. The van der Waals surface area contributed by atoms with Crippen molar-refractivity contribution in [1.82, 2.24) is 20.0 Å². The van der Waals surface area contributed by atoms with Crippen LogP contribution in [0.1, 0.15) is 18.5 Å². The van der Waals surface area contributed by atoms with E-state index in [0.29, 0.717) is 13.2 Å². The van der Waals surface area contributed by atoms with Crippen LogP contribution in [0.3, 0.4) is 0 Å². The number of hydrogen-bond acceptors (Lipinski definition) is 4. The maximum Gasteiger partial charge on any atom is 0.244 e. The fourth-order valence-corrected chi connectivity index (χ4v) is 2.88. The van der Waals surface area contributed by atoms with Gasteiger partial charge in [0.25, 0.3) is 0 Å². The predicted octanol–water partition coefficient (Wildman–Crippen LogP) is 1.46. The Balaban J connectivity index is 1.46. The quantitative estimate of drug-likeness (QED) is 0.872. The van der Waals surface area contributed by atoms with Gasteiger partial charge < -0.3 is 10.1 Å². The number of carbonyl (C=O) groups excluding carboxylic acids is 1. The number of rotatable bonds is 6. The third-order valence-electron chi connectivity index (χ3n) is 4.28. The molecule has 6 heteroatoms. The molecule has 1 aromatic heterocycles. The number of aromatic nitrogens is 2. The lowest BCUT2D eigenvalue weighted by Crippen LogP contribution is -2.47. The Morgan fingerprint density at radius 3 is 2.96 bits per heavy atom. The van der Waals surface area contributed by atoms with E-state index in [1.165, 1.54) is 5.56 Å². The van der Waals surface area contributed by atoms with Gasteiger partial charge in [0.05, 0.1) is 12.7 Å². The Bertz CT molecular complexity index is 630. The molecule has 6 nitrogen and oxygen atoms in total. The highest BCUT2D eigenvalue weighted by atomic mass is 16.5. The molecular formula is C18H24N4O2. The minimum atomic E-state index is -0.316. The summed E-state index contributed by atoms with van der Waals surface area (Å²) in [6, 6.07) is 11.9. The summed E-state index contributed by atoms with van der Waals surface area (Å²) in [5.41, 5.74) is 1.30. The number of morpholine rings is 1. The first kappa shape index (κ1) is 16.7. The van der Waals surface area contributed by atoms with E-state index in [1.54, 1.807) is 17.1 Å². The van der Waals surface area contributed by atoms with Crippen molar-refractivity contribution in [2.45, 2.75) is 25.6 Å². The molecule has 1 N–H and O–H groups in total. The zero-order valence-corrected chi connectivity index (χ0v) is 14.0. The summed E-state index contributed by atoms with van der Waals surface area (Å²) in [6.07, 6.45) is 3.49. The Morgan fingerprint density at radius 1 is 1.38 bits per heavy atom. The lowest BCUT2D eigenvalue weighted by Gasteiger charge is -2.33. The van der Waals surface area contributed by atoms with Gasteiger partial charge in [0.1, 0.15) is 6.04 Å². The molecule has 2 atom stereocenters. The summed E-state index contributed by atoms with van der Waals surface area (Å²) in [5.74, 6) is -0.0394. The molecule has 1 saturated heterocycles. The maximum atomic E-state index is 12.2. The second kappa shape index (κ2) is 8.08. The minimum absolute atomic E-state index is 0.0243. The van der Waals surface area contributed by atoms with Gasteiger partial charge in [0, 0.05) is 38.6 Å². The Labute approximate surface area is 142 Å². The maximum absolute atomic E-state index is 12.2. The SMILES string of the molecule is CC(C(=O)NCC1CN(Cc2ccccc2)CCO1)n1cccn1. The molecule has 0 saturated carbocycles. The molecule has 128 valence electrons. The van der Waals surface area contributed by atoms with E-state index in [0.717, 1.165) is 19.6 Å². The largest absolute Gasteiger partial charge is 0.374 e. The number of nitrogens with zero attached hydrogens (tertiary/aromatic N) is 3. The van der Waals surface area contributed by atoms with Crippen molar-refractivity contribution in [3.05, 3.63) is 54.4 Å². The lowest BCUT2D eigenvalue weighted by molar-refractivity contribution is -0.125. The topological polar surface area (TPSA) is 59.4 Å². The van der Waals surface area contributed by atoms with Gasteiger partial charge in [-0.2, -0.15) is 5.10 Å². The first-order valence-electron chi connectivity index (χ1n) is 8.37. The van der Waals surface area contributed by atoms with Crippen molar-refractivity contribution in [3.63, 3.8) is 0 Å². The molecule has 3 rings (SSSR count). The Hall–Kier alpha value is -2.18. The summed E-state index contributed by atoms with van der Waals surface area (Å²) in [5, 5.41) is 7.08. The highest BCUT2D eigenvalue weighted by Gasteiger charge is 2.22. The number of nitrogens with one attached hydrogen (secondary N) is 1. The molecule has 1 aromatic carbocycles. The van der Waals surface area contributed by atoms with E-state index in [9.17, 15) is 4.79 Å². The fourth-order valence-electron chi connectivity index (χ4n) is 2.88. The molecule has 24 heavy (non-hydrogen) atoms. The van der Waals surface area contributed by atoms with Crippen molar-refractivity contribution in [2.75, 3.05) is 26.2 Å². The molecule has 1 fully saturated rings. The molecular weight excluding hydrogens is 304 g/mol. The molecule has 1 amide bonds. The Morgan fingerprint density at radius 2 is 2.21 bits per heavy atom. The average Bonchev–Trinajstić information content (AvgIpc) is 3.15. The van der Waals surface area contributed by atoms with Crippen molar-refractivity contribution in [2.24, 2.45) is 0 Å².